The first-order chi connectivity index (χ1) is 8.02. The van der Waals surface area contributed by atoms with Crippen LogP contribution in [0.5, 0.6) is 5.75 Å². The van der Waals surface area contributed by atoms with Gasteiger partial charge in [0.1, 0.15) is 11.6 Å². The van der Waals surface area contributed by atoms with E-state index < -0.39 is 0 Å². The molecule has 0 saturated heterocycles. The van der Waals surface area contributed by atoms with Crippen molar-refractivity contribution >= 4 is 33.3 Å². The fourth-order valence-corrected chi connectivity index (χ4v) is 2.31. The van der Waals surface area contributed by atoms with Crippen LogP contribution >= 0.6 is 27.5 Å². The van der Waals surface area contributed by atoms with Gasteiger partial charge in [-0.3, -0.25) is 4.68 Å². The molecule has 0 saturated carbocycles. The number of hydrogen-bond donors (Lipinski definition) is 1. The van der Waals surface area contributed by atoms with Crippen molar-refractivity contribution in [2.75, 3.05) is 12.8 Å². The van der Waals surface area contributed by atoms with Crippen molar-refractivity contribution in [3.63, 3.8) is 0 Å². The summed E-state index contributed by atoms with van der Waals surface area (Å²) in [6, 6.07) is 5.34. The van der Waals surface area contributed by atoms with Gasteiger partial charge in [-0.15, -0.1) is 0 Å². The number of nitrogen functional groups attached to an aromatic ring is 1. The third-order valence-electron chi connectivity index (χ3n) is 2.42. The van der Waals surface area contributed by atoms with Crippen molar-refractivity contribution in [2.24, 2.45) is 7.05 Å². The van der Waals surface area contributed by atoms with E-state index in [1.165, 1.54) is 0 Å². The van der Waals surface area contributed by atoms with Crippen LogP contribution < -0.4 is 10.5 Å². The summed E-state index contributed by atoms with van der Waals surface area (Å²) >= 11 is 9.50. The van der Waals surface area contributed by atoms with Crippen LogP contribution in [0.25, 0.3) is 11.3 Å². The number of halogens is 2. The fourth-order valence-electron chi connectivity index (χ4n) is 1.51. The zero-order valence-corrected chi connectivity index (χ0v) is 11.7. The van der Waals surface area contributed by atoms with Crippen LogP contribution in [0.2, 0.25) is 5.02 Å². The zero-order chi connectivity index (χ0) is 12.6. The predicted molar refractivity (Wildman–Crippen MR) is 72.3 cm³/mol. The number of anilines is 1. The molecule has 0 atom stereocenters. The Morgan fingerprint density at radius 2 is 2.12 bits per heavy atom. The highest BCUT2D eigenvalue weighted by Gasteiger charge is 2.13. The molecule has 2 aromatic rings. The Hall–Kier alpha value is -1.20. The van der Waals surface area contributed by atoms with E-state index in [1.807, 2.05) is 6.07 Å². The van der Waals surface area contributed by atoms with Crippen molar-refractivity contribution in [3.05, 3.63) is 27.7 Å². The number of methoxy groups -OCH3 is 1. The largest absolute Gasteiger partial charge is 0.495 e. The van der Waals surface area contributed by atoms with E-state index in [0.29, 0.717) is 16.6 Å². The van der Waals surface area contributed by atoms with E-state index >= 15 is 0 Å². The number of benzene rings is 1. The fraction of sp³-hybridized carbons (Fsp3) is 0.182. The monoisotopic (exact) mass is 315 g/mol. The minimum absolute atomic E-state index is 0.587. The average molecular weight is 317 g/mol. The first-order valence-electron chi connectivity index (χ1n) is 4.86. The van der Waals surface area contributed by atoms with Gasteiger partial charge >= 0.3 is 0 Å². The molecule has 0 aliphatic carbocycles. The van der Waals surface area contributed by atoms with Gasteiger partial charge in [-0.05, 0) is 28.1 Å². The highest BCUT2D eigenvalue weighted by molar-refractivity contribution is 9.10. The molecule has 2 rings (SSSR count). The van der Waals surface area contributed by atoms with Gasteiger partial charge in [0.15, 0.2) is 0 Å². The molecule has 90 valence electrons. The molecule has 4 nitrogen and oxygen atoms in total. The van der Waals surface area contributed by atoms with Crippen LogP contribution in [-0.2, 0) is 7.05 Å². The van der Waals surface area contributed by atoms with E-state index in [-0.39, 0.29) is 0 Å². The maximum atomic E-state index is 6.03. The van der Waals surface area contributed by atoms with Crippen LogP contribution in [0.15, 0.2) is 22.7 Å². The van der Waals surface area contributed by atoms with E-state index in [2.05, 4.69) is 21.0 Å². The summed E-state index contributed by atoms with van der Waals surface area (Å²) in [6.45, 7) is 0. The normalized spacial score (nSPS) is 10.6. The standard InChI is InChI=1S/C11H11BrClN3O/c1-16-10(14)5-8(15-16)7-3-6(13)4-9(17-2)11(7)12/h3-5H,14H2,1-2H3. The minimum atomic E-state index is 0.587. The number of rotatable bonds is 2. The molecule has 0 aliphatic heterocycles. The Kier molecular flexibility index (Phi) is 3.31. The number of nitrogens with two attached hydrogens (primary N) is 1. The summed E-state index contributed by atoms with van der Waals surface area (Å²) < 4.78 is 7.64. The van der Waals surface area contributed by atoms with Crippen LogP contribution in [0.3, 0.4) is 0 Å². The Bertz CT molecular complexity index is 549. The maximum Gasteiger partial charge on any atom is 0.135 e. The van der Waals surface area contributed by atoms with Crippen molar-refractivity contribution in [3.8, 4) is 17.0 Å². The lowest BCUT2D eigenvalue weighted by Crippen LogP contribution is -1.96. The first-order valence-corrected chi connectivity index (χ1v) is 6.03. The molecular formula is C11H11BrClN3O. The average Bonchev–Trinajstić information content (AvgIpc) is 2.62. The van der Waals surface area contributed by atoms with Crippen molar-refractivity contribution in [1.82, 2.24) is 9.78 Å². The molecule has 0 spiro atoms. The molecule has 0 radical (unpaired) electrons. The second-order valence-electron chi connectivity index (χ2n) is 3.55. The van der Waals surface area contributed by atoms with Crippen LogP contribution in [0.1, 0.15) is 0 Å². The Labute approximate surface area is 112 Å². The maximum absolute atomic E-state index is 6.03. The number of ether oxygens (including phenoxy) is 1. The lowest BCUT2D eigenvalue weighted by molar-refractivity contribution is 0.412. The van der Waals surface area contributed by atoms with Crippen molar-refractivity contribution in [1.29, 1.82) is 0 Å². The molecule has 17 heavy (non-hydrogen) atoms. The molecule has 1 heterocycles. The van der Waals surface area contributed by atoms with Crippen LogP contribution in [0, 0.1) is 0 Å². The summed E-state index contributed by atoms with van der Waals surface area (Å²) in [4.78, 5) is 0. The van der Waals surface area contributed by atoms with Crippen LogP contribution in [-0.4, -0.2) is 16.9 Å². The van der Waals surface area contributed by atoms with Gasteiger partial charge in [0, 0.05) is 23.7 Å². The van der Waals surface area contributed by atoms with Gasteiger partial charge in [-0.1, -0.05) is 11.6 Å². The highest BCUT2D eigenvalue weighted by atomic mass is 79.9. The van der Waals surface area contributed by atoms with Crippen LogP contribution in [0.4, 0.5) is 5.82 Å². The van der Waals surface area contributed by atoms with Crippen molar-refractivity contribution < 1.29 is 4.74 Å². The minimum Gasteiger partial charge on any atom is -0.495 e. The number of nitrogens with zero attached hydrogens (tertiary/aromatic N) is 2. The topological polar surface area (TPSA) is 53.1 Å². The van der Waals surface area contributed by atoms with E-state index in [1.54, 1.807) is 31.0 Å². The van der Waals surface area contributed by atoms with Gasteiger partial charge in [-0.2, -0.15) is 5.10 Å². The molecule has 1 aromatic heterocycles. The van der Waals surface area contributed by atoms with E-state index in [0.717, 1.165) is 15.7 Å². The lowest BCUT2D eigenvalue weighted by Gasteiger charge is -2.08. The Morgan fingerprint density at radius 3 is 2.65 bits per heavy atom. The first kappa shape index (κ1) is 12.3. The molecule has 0 amide bonds. The molecule has 0 bridgehead atoms. The molecule has 1 aromatic carbocycles. The number of aromatic nitrogens is 2. The predicted octanol–water partition coefficient (Wildman–Crippen LogP) is 3.09. The third-order valence-corrected chi connectivity index (χ3v) is 3.45. The SMILES string of the molecule is COc1cc(Cl)cc(-c2cc(N)n(C)n2)c1Br. The summed E-state index contributed by atoms with van der Waals surface area (Å²) in [7, 11) is 3.38. The van der Waals surface area contributed by atoms with Gasteiger partial charge in [0.2, 0.25) is 0 Å². The molecule has 2 N–H and O–H groups in total. The number of aryl methyl sites for hydroxylation is 1. The second-order valence-corrected chi connectivity index (χ2v) is 4.78. The van der Waals surface area contributed by atoms with E-state index in [4.69, 9.17) is 22.1 Å². The Morgan fingerprint density at radius 1 is 1.41 bits per heavy atom. The molecule has 0 aliphatic rings. The summed E-state index contributed by atoms with van der Waals surface area (Å²) in [5.74, 6) is 1.25. The molecular weight excluding hydrogens is 305 g/mol. The smallest absolute Gasteiger partial charge is 0.135 e. The van der Waals surface area contributed by atoms with Gasteiger partial charge in [0.05, 0.1) is 17.3 Å². The summed E-state index contributed by atoms with van der Waals surface area (Å²) in [5.41, 5.74) is 7.35. The van der Waals surface area contributed by atoms with Gasteiger partial charge < -0.3 is 10.5 Å². The zero-order valence-electron chi connectivity index (χ0n) is 9.37. The quantitative estimate of drug-likeness (QED) is 0.926. The second kappa shape index (κ2) is 4.58. The highest BCUT2D eigenvalue weighted by Crippen LogP contribution is 2.38. The van der Waals surface area contributed by atoms with Gasteiger partial charge in [-0.25, -0.2) is 0 Å². The third kappa shape index (κ3) is 2.25. The van der Waals surface area contributed by atoms with Gasteiger partial charge in [0.25, 0.3) is 0 Å². The lowest BCUT2D eigenvalue weighted by atomic mass is 10.1. The Balaban J connectivity index is 2.62. The summed E-state index contributed by atoms with van der Waals surface area (Å²) in [6.07, 6.45) is 0. The van der Waals surface area contributed by atoms with E-state index in [9.17, 15) is 0 Å². The van der Waals surface area contributed by atoms with Crippen molar-refractivity contribution in [2.45, 2.75) is 0 Å². The molecule has 0 unspecified atom stereocenters. The molecule has 6 heteroatoms. The molecule has 0 fully saturated rings. The summed E-state index contributed by atoms with van der Waals surface area (Å²) in [5, 5.41) is 4.89. The number of hydrogen-bond acceptors (Lipinski definition) is 3.